The molecule has 0 spiro atoms. The van der Waals surface area contributed by atoms with Gasteiger partial charge < -0.3 is 9.64 Å². The highest BCUT2D eigenvalue weighted by molar-refractivity contribution is 4.92. The smallest absolute Gasteiger partial charge is 0.0510 e. The lowest BCUT2D eigenvalue weighted by Crippen LogP contribution is -2.46. The monoisotopic (exact) mass is 238 g/mol. The maximum atomic E-state index is 5.56. The van der Waals surface area contributed by atoms with Crippen LogP contribution in [0, 0.1) is 11.8 Å². The fourth-order valence-corrected chi connectivity index (χ4v) is 3.79. The van der Waals surface area contributed by atoms with Crippen LogP contribution in [0.3, 0.4) is 0 Å². The van der Waals surface area contributed by atoms with Crippen LogP contribution in [-0.4, -0.2) is 61.3 Å². The molecule has 0 bridgehead atoms. The van der Waals surface area contributed by atoms with E-state index in [0.717, 1.165) is 37.1 Å². The van der Waals surface area contributed by atoms with Gasteiger partial charge >= 0.3 is 0 Å². The molecule has 0 amide bonds. The van der Waals surface area contributed by atoms with Crippen LogP contribution in [0.1, 0.15) is 26.7 Å². The number of likely N-dealkylation sites (tertiary alicyclic amines) is 2. The molecule has 0 aliphatic carbocycles. The summed E-state index contributed by atoms with van der Waals surface area (Å²) in [7, 11) is 0. The summed E-state index contributed by atoms with van der Waals surface area (Å²) in [5.74, 6) is 1.69. The van der Waals surface area contributed by atoms with Gasteiger partial charge in [-0.25, -0.2) is 0 Å². The van der Waals surface area contributed by atoms with Crippen molar-refractivity contribution in [3.05, 3.63) is 0 Å². The molecule has 0 saturated carbocycles. The zero-order valence-corrected chi connectivity index (χ0v) is 11.3. The van der Waals surface area contributed by atoms with E-state index < -0.39 is 0 Å². The molecule has 3 nitrogen and oxygen atoms in total. The van der Waals surface area contributed by atoms with E-state index in [1.165, 1.54) is 39.0 Å². The van der Waals surface area contributed by atoms with Gasteiger partial charge in [0, 0.05) is 37.0 Å². The molecule has 0 N–H and O–H groups in total. The van der Waals surface area contributed by atoms with Gasteiger partial charge in [-0.15, -0.1) is 0 Å². The van der Waals surface area contributed by atoms with Gasteiger partial charge in [0.2, 0.25) is 0 Å². The fourth-order valence-electron chi connectivity index (χ4n) is 3.79. The zero-order valence-electron chi connectivity index (χ0n) is 11.3. The maximum absolute atomic E-state index is 5.56. The molecule has 3 saturated heterocycles. The van der Waals surface area contributed by atoms with E-state index >= 15 is 0 Å². The highest BCUT2D eigenvalue weighted by Crippen LogP contribution is 2.32. The van der Waals surface area contributed by atoms with Gasteiger partial charge in [0.05, 0.1) is 13.2 Å². The number of hydrogen-bond acceptors (Lipinski definition) is 3. The Bertz CT molecular complexity index is 249. The second kappa shape index (κ2) is 4.87. The largest absolute Gasteiger partial charge is 0.381 e. The number of ether oxygens (including phenoxy) is 1. The summed E-state index contributed by atoms with van der Waals surface area (Å²) in [6.45, 7) is 11.9. The van der Waals surface area contributed by atoms with E-state index in [1.54, 1.807) is 0 Å². The van der Waals surface area contributed by atoms with E-state index in [1.807, 2.05) is 0 Å². The molecule has 2 atom stereocenters. The van der Waals surface area contributed by atoms with Crippen molar-refractivity contribution in [1.82, 2.24) is 9.80 Å². The predicted molar refractivity (Wildman–Crippen MR) is 69.1 cm³/mol. The van der Waals surface area contributed by atoms with Crippen molar-refractivity contribution in [2.45, 2.75) is 38.8 Å². The predicted octanol–water partition coefficient (Wildman–Crippen LogP) is 1.44. The Balaban J connectivity index is 1.51. The molecule has 3 heteroatoms. The number of hydrogen-bond donors (Lipinski definition) is 0. The van der Waals surface area contributed by atoms with Crippen LogP contribution in [0.4, 0.5) is 0 Å². The lowest BCUT2D eigenvalue weighted by Gasteiger charge is -2.38. The molecule has 0 aromatic carbocycles. The molecular formula is C14H26N2O. The topological polar surface area (TPSA) is 15.7 Å². The first-order valence-electron chi connectivity index (χ1n) is 7.30. The van der Waals surface area contributed by atoms with Crippen LogP contribution < -0.4 is 0 Å². The Morgan fingerprint density at radius 3 is 2.12 bits per heavy atom. The third-order valence-electron chi connectivity index (χ3n) is 5.01. The molecule has 3 aliphatic heterocycles. The summed E-state index contributed by atoms with van der Waals surface area (Å²) in [6.07, 6.45) is 2.75. The molecular weight excluding hydrogens is 212 g/mol. The first kappa shape index (κ1) is 11.9. The standard InChI is InChI=1S/C14H26N2O/c1-11(2)15-5-3-14(4-6-15)16-7-12-9-17-10-13(12)8-16/h11-14H,3-10H2,1-2H3. The van der Waals surface area contributed by atoms with Crippen molar-refractivity contribution in [3.8, 4) is 0 Å². The van der Waals surface area contributed by atoms with Crippen molar-refractivity contribution in [1.29, 1.82) is 0 Å². The zero-order chi connectivity index (χ0) is 11.8. The summed E-state index contributed by atoms with van der Waals surface area (Å²) >= 11 is 0. The fraction of sp³-hybridized carbons (Fsp3) is 1.00. The molecule has 0 radical (unpaired) electrons. The highest BCUT2D eigenvalue weighted by atomic mass is 16.5. The van der Waals surface area contributed by atoms with Crippen LogP contribution in [0.25, 0.3) is 0 Å². The van der Waals surface area contributed by atoms with E-state index in [2.05, 4.69) is 23.6 Å². The van der Waals surface area contributed by atoms with Crippen LogP contribution in [-0.2, 0) is 4.74 Å². The highest BCUT2D eigenvalue weighted by Gasteiger charge is 2.40. The normalized spacial score (nSPS) is 36.9. The molecule has 98 valence electrons. The quantitative estimate of drug-likeness (QED) is 0.724. The molecule has 3 rings (SSSR count). The van der Waals surface area contributed by atoms with Gasteiger partial charge in [-0.05, 0) is 39.8 Å². The van der Waals surface area contributed by atoms with Crippen LogP contribution in [0.15, 0.2) is 0 Å². The van der Waals surface area contributed by atoms with Gasteiger partial charge in [0.25, 0.3) is 0 Å². The Morgan fingerprint density at radius 2 is 1.59 bits per heavy atom. The van der Waals surface area contributed by atoms with Crippen molar-refractivity contribution >= 4 is 0 Å². The second-order valence-corrected chi connectivity index (χ2v) is 6.37. The maximum Gasteiger partial charge on any atom is 0.0510 e. The Kier molecular flexibility index (Phi) is 3.42. The minimum atomic E-state index is 0.724. The summed E-state index contributed by atoms with van der Waals surface area (Å²) in [5, 5.41) is 0. The SMILES string of the molecule is CC(C)N1CCC(N2CC3COCC3C2)CC1. The minimum Gasteiger partial charge on any atom is -0.381 e. The van der Waals surface area contributed by atoms with Gasteiger partial charge in [0.15, 0.2) is 0 Å². The first-order valence-corrected chi connectivity index (χ1v) is 7.30. The van der Waals surface area contributed by atoms with Crippen LogP contribution in [0.5, 0.6) is 0 Å². The number of piperidine rings is 1. The van der Waals surface area contributed by atoms with E-state index in [-0.39, 0.29) is 0 Å². The number of nitrogens with zero attached hydrogens (tertiary/aromatic N) is 2. The lowest BCUT2D eigenvalue weighted by atomic mass is 10.0. The van der Waals surface area contributed by atoms with Gasteiger partial charge in [-0.1, -0.05) is 0 Å². The molecule has 2 unspecified atom stereocenters. The van der Waals surface area contributed by atoms with Crippen molar-refractivity contribution in [3.63, 3.8) is 0 Å². The van der Waals surface area contributed by atoms with Crippen molar-refractivity contribution < 1.29 is 4.74 Å². The van der Waals surface area contributed by atoms with Gasteiger partial charge in [-0.2, -0.15) is 0 Å². The van der Waals surface area contributed by atoms with Crippen molar-refractivity contribution in [2.24, 2.45) is 11.8 Å². The Morgan fingerprint density at radius 1 is 1.00 bits per heavy atom. The number of fused-ring (bicyclic) bond motifs is 1. The summed E-state index contributed by atoms with van der Waals surface area (Å²) in [6, 6.07) is 1.58. The Hall–Kier alpha value is -0.120. The van der Waals surface area contributed by atoms with Crippen LogP contribution >= 0.6 is 0 Å². The molecule has 0 aromatic rings. The minimum absolute atomic E-state index is 0.724. The molecule has 0 aromatic heterocycles. The average molecular weight is 238 g/mol. The Labute approximate surface area is 105 Å². The first-order chi connectivity index (χ1) is 8.24. The average Bonchev–Trinajstić information content (AvgIpc) is 2.89. The van der Waals surface area contributed by atoms with E-state index in [9.17, 15) is 0 Å². The third-order valence-corrected chi connectivity index (χ3v) is 5.01. The number of rotatable bonds is 2. The molecule has 3 fully saturated rings. The van der Waals surface area contributed by atoms with E-state index in [0.29, 0.717) is 0 Å². The van der Waals surface area contributed by atoms with Crippen LogP contribution in [0.2, 0.25) is 0 Å². The third kappa shape index (κ3) is 2.38. The summed E-state index contributed by atoms with van der Waals surface area (Å²) in [5.41, 5.74) is 0. The van der Waals surface area contributed by atoms with Gasteiger partial charge in [0.1, 0.15) is 0 Å². The molecule has 17 heavy (non-hydrogen) atoms. The van der Waals surface area contributed by atoms with Crippen molar-refractivity contribution in [2.75, 3.05) is 39.4 Å². The molecule has 3 heterocycles. The lowest BCUT2D eigenvalue weighted by molar-refractivity contribution is 0.0879. The second-order valence-electron chi connectivity index (χ2n) is 6.37. The molecule has 3 aliphatic rings. The van der Waals surface area contributed by atoms with E-state index in [4.69, 9.17) is 4.74 Å². The summed E-state index contributed by atoms with van der Waals surface area (Å²) < 4.78 is 5.56. The van der Waals surface area contributed by atoms with Gasteiger partial charge in [-0.3, -0.25) is 4.90 Å². The summed E-state index contributed by atoms with van der Waals surface area (Å²) in [4.78, 5) is 5.38.